The molecule has 0 atom stereocenters. The van der Waals surface area contributed by atoms with Gasteiger partial charge in [0.25, 0.3) is 5.91 Å². The minimum Gasteiger partial charge on any atom is -0.444 e. The Bertz CT molecular complexity index is 603. The Balaban J connectivity index is 2.07. The van der Waals surface area contributed by atoms with Crippen molar-refractivity contribution < 1.29 is 9.21 Å². The number of benzene rings is 1. The number of amides is 1. The predicted molar refractivity (Wildman–Crippen MR) is 73.0 cm³/mol. The summed E-state index contributed by atoms with van der Waals surface area (Å²) in [7, 11) is 0. The topological polar surface area (TPSA) is 81.2 Å². The lowest BCUT2D eigenvalue weighted by molar-refractivity contribution is 0.0947. The molecular formula is C13H14ClN3O2. The van der Waals surface area contributed by atoms with E-state index in [4.69, 9.17) is 21.8 Å². The molecule has 6 heteroatoms. The van der Waals surface area contributed by atoms with E-state index in [1.807, 2.05) is 13.8 Å². The van der Waals surface area contributed by atoms with E-state index in [9.17, 15) is 4.79 Å². The molecule has 0 aliphatic heterocycles. The number of nitrogens with two attached hydrogens (primary N) is 1. The first-order chi connectivity index (χ1) is 8.97. The molecule has 0 radical (unpaired) electrons. The second-order valence-electron chi connectivity index (χ2n) is 4.17. The Labute approximate surface area is 115 Å². The molecular weight excluding hydrogens is 266 g/mol. The largest absolute Gasteiger partial charge is 0.444 e. The number of halogens is 1. The first-order valence-electron chi connectivity index (χ1n) is 5.73. The molecule has 0 unspecified atom stereocenters. The molecule has 0 fully saturated rings. The Morgan fingerprint density at radius 2 is 2.21 bits per heavy atom. The number of carbonyl (C=O) groups excluding carboxylic acids is 1. The fourth-order valence-corrected chi connectivity index (χ4v) is 1.79. The summed E-state index contributed by atoms with van der Waals surface area (Å²) in [6.07, 6.45) is 0. The molecule has 1 amide bonds. The molecule has 3 N–H and O–H groups in total. The van der Waals surface area contributed by atoms with E-state index in [0.717, 1.165) is 11.5 Å². The Morgan fingerprint density at radius 3 is 2.84 bits per heavy atom. The van der Waals surface area contributed by atoms with Crippen LogP contribution in [-0.2, 0) is 6.54 Å². The fraction of sp³-hybridized carbons (Fsp3) is 0.231. The van der Waals surface area contributed by atoms with Crippen molar-refractivity contribution in [1.29, 1.82) is 0 Å². The van der Waals surface area contributed by atoms with Gasteiger partial charge in [-0.2, -0.15) is 0 Å². The summed E-state index contributed by atoms with van der Waals surface area (Å²) >= 11 is 5.95. The van der Waals surface area contributed by atoms with Crippen LogP contribution in [0.2, 0.25) is 5.02 Å². The number of nitrogens with zero attached hydrogens (tertiary/aromatic N) is 1. The lowest BCUT2D eigenvalue weighted by atomic mass is 10.2. The number of oxazole rings is 1. The van der Waals surface area contributed by atoms with Gasteiger partial charge >= 0.3 is 0 Å². The summed E-state index contributed by atoms with van der Waals surface area (Å²) in [5.74, 6) is 0.889. The summed E-state index contributed by atoms with van der Waals surface area (Å²) in [6, 6.07) is 4.76. The number of carbonyl (C=O) groups is 1. The van der Waals surface area contributed by atoms with Crippen molar-refractivity contribution in [2.45, 2.75) is 20.4 Å². The molecule has 19 heavy (non-hydrogen) atoms. The van der Waals surface area contributed by atoms with Crippen molar-refractivity contribution >= 4 is 23.2 Å². The molecule has 2 aromatic rings. The van der Waals surface area contributed by atoms with Gasteiger partial charge in [0.1, 0.15) is 5.76 Å². The summed E-state index contributed by atoms with van der Waals surface area (Å²) in [5, 5.41) is 3.04. The van der Waals surface area contributed by atoms with E-state index < -0.39 is 0 Å². The molecule has 0 aliphatic rings. The van der Waals surface area contributed by atoms with E-state index in [-0.39, 0.29) is 12.5 Å². The standard InChI is InChI=1S/C13H14ClN3O2/c1-7-8(2)19-12(17-7)6-16-13(18)10-5-9(15)3-4-11(10)14/h3-5H,6,15H2,1-2H3,(H,16,18). The van der Waals surface area contributed by atoms with Crippen LogP contribution in [-0.4, -0.2) is 10.9 Å². The molecule has 0 saturated carbocycles. The first-order valence-corrected chi connectivity index (χ1v) is 6.11. The van der Waals surface area contributed by atoms with E-state index in [2.05, 4.69) is 10.3 Å². The van der Waals surface area contributed by atoms with Crippen LogP contribution in [0.5, 0.6) is 0 Å². The number of nitrogens with one attached hydrogen (secondary N) is 1. The van der Waals surface area contributed by atoms with Gasteiger partial charge in [-0.05, 0) is 32.0 Å². The summed E-state index contributed by atoms with van der Waals surface area (Å²) in [6.45, 7) is 3.87. The number of nitrogen functional groups attached to an aromatic ring is 1. The van der Waals surface area contributed by atoms with Crippen molar-refractivity contribution in [2.75, 3.05) is 5.73 Å². The number of hydrogen-bond acceptors (Lipinski definition) is 4. The van der Waals surface area contributed by atoms with E-state index in [1.165, 1.54) is 6.07 Å². The highest BCUT2D eigenvalue weighted by molar-refractivity contribution is 6.34. The molecule has 100 valence electrons. The minimum absolute atomic E-state index is 0.207. The number of aryl methyl sites for hydroxylation is 2. The molecule has 1 aromatic carbocycles. The summed E-state index contributed by atoms with van der Waals surface area (Å²) in [4.78, 5) is 16.1. The quantitative estimate of drug-likeness (QED) is 0.846. The molecule has 2 rings (SSSR count). The monoisotopic (exact) mass is 279 g/mol. The van der Waals surface area contributed by atoms with Gasteiger partial charge < -0.3 is 15.5 Å². The number of anilines is 1. The summed E-state index contributed by atoms with van der Waals surface area (Å²) < 4.78 is 5.37. The third kappa shape index (κ3) is 3.06. The van der Waals surface area contributed by atoms with Crippen molar-refractivity contribution in [2.24, 2.45) is 0 Å². The van der Waals surface area contributed by atoms with Crippen LogP contribution >= 0.6 is 11.6 Å². The fourth-order valence-electron chi connectivity index (χ4n) is 1.58. The molecule has 5 nitrogen and oxygen atoms in total. The van der Waals surface area contributed by atoms with Gasteiger partial charge in [-0.15, -0.1) is 0 Å². The van der Waals surface area contributed by atoms with E-state index in [1.54, 1.807) is 12.1 Å². The van der Waals surface area contributed by atoms with Gasteiger partial charge in [0.15, 0.2) is 0 Å². The molecule has 0 saturated heterocycles. The van der Waals surface area contributed by atoms with Crippen LogP contribution in [0.15, 0.2) is 22.6 Å². The van der Waals surface area contributed by atoms with Crippen LogP contribution in [0.1, 0.15) is 27.7 Å². The van der Waals surface area contributed by atoms with Gasteiger partial charge in [-0.25, -0.2) is 4.98 Å². The lowest BCUT2D eigenvalue weighted by Crippen LogP contribution is -2.23. The molecule has 1 aromatic heterocycles. The number of aromatic nitrogens is 1. The second kappa shape index (κ2) is 5.32. The normalized spacial score (nSPS) is 10.5. The summed E-state index contributed by atoms with van der Waals surface area (Å²) in [5.41, 5.74) is 7.26. The Hall–Kier alpha value is -2.01. The van der Waals surface area contributed by atoms with Crippen molar-refractivity contribution in [1.82, 2.24) is 10.3 Å². The zero-order valence-electron chi connectivity index (χ0n) is 10.7. The predicted octanol–water partition coefficient (Wildman–Crippen LogP) is 2.46. The lowest BCUT2D eigenvalue weighted by Gasteiger charge is -2.05. The zero-order valence-corrected chi connectivity index (χ0v) is 11.4. The molecule has 0 aliphatic carbocycles. The SMILES string of the molecule is Cc1nc(CNC(=O)c2cc(N)ccc2Cl)oc1C. The Kier molecular flexibility index (Phi) is 3.76. The van der Waals surface area contributed by atoms with E-state index in [0.29, 0.717) is 22.2 Å². The average Bonchev–Trinajstić information content (AvgIpc) is 2.69. The van der Waals surface area contributed by atoms with Gasteiger partial charge in [-0.3, -0.25) is 4.79 Å². The minimum atomic E-state index is -0.314. The molecule has 0 bridgehead atoms. The van der Waals surface area contributed by atoms with Gasteiger partial charge in [-0.1, -0.05) is 11.6 Å². The number of rotatable bonds is 3. The molecule has 0 spiro atoms. The van der Waals surface area contributed by atoms with E-state index >= 15 is 0 Å². The van der Waals surface area contributed by atoms with Crippen molar-refractivity contribution in [3.05, 3.63) is 46.1 Å². The van der Waals surface area contributed by atoms with Crippen LogP contribution < -0.4 is 11.1 Å². The zero-order chi connectivity index (χ0) is 14.0. The van der Waals surface area contributed by atoms with Gasteiger partial charge in [0.2, 0.25) is 5.89 Å². The van der Waals surface area contributed by atoms with Crippen LogP contribution in [0.25, 0.3) is 0 Å². The van der Waals surface area contributed by atoms with Crippen LogP contribution in [0.3, 0.4) is 0 Å². The highest BCUT2D eigenvalue weighted by Gasteiger charge is 2.12. The second-order valence-corrected chi connectivity index (χ2v) is 4.58. The third-order valence-electron chi connectivity index (χ3n) is 2.71. The van der Waals surface area contributed by atoms with Crippen molar-refractivity contribution in [3.63, 3.8) is 0 Å². The maximum absolute atomic E-state index is 12.0. The van der Waals surface area contributed by atoms with Crippen LogP contribution in [0, 0.1) is 13.8 Å². The third-order valence-corrected chi connectivity index (χ3v) is 3.04. The Morgan fingerprint density at radius 1 is 1.47 bits per heavy atom. The maximum Gasteiger partial charge on any atom is 0.253 e. The highest BCUT2D eigenvalue weighted by Crippen LogP contribution is 2.18. The van der Waals surface area contributed by atoms with Gasteiger partial charge in [0, 0.05) is 5.69 Å². The highest BCUT2D eigenvalue weighted by atomic mass is 35.5. The number of hydrogen-bond donors (Lipinski definition) is 2. The first kappa shape index (κ1) is 13.4. The maximum atomic E-state index is 12.0. The average molecular weight is 280 g/mol. The van der Waals surface area contributed by atoms with Crippen molar-refractivity contribution in [3.8, 4) is 0 Å². The van der Waals surface area contributed by atoms with Crippen LogP contribution in [0.4, 0.5) is 5.69 Å². The van der Waals surface area contributed by atoms with Gasteiger partial charge in [0.05, 0.1) is 22.8 Å². The smallest absolute Gasteiger partial charge is 0.253 e. The molecule has 1 heterocycles.